The largest absolute Gasteiger partial charge is 0.331 e. The number of amides is 1. The molecule has 1 aromatic rings. The first-order valence-electron chi connectivity index (χ1n) is 6.65. The Balaban J connectivity index is 0.00000147. The second kappa shape index (κ2) is 6.06. The van der Waals surface area contributed by atoms with E-state index in [9.17, 15) is 13.6 Å². The maximum Gasteiger partial charge on any atom is 0.257 e. The van der Waals surface area contributed by atoms with E-state index in [1.165, 1.54) is 0 Å². The smallest absolute Gasteiger partial charge is 0.257 e. The fourth-order valence-corrected chi connectivity index (χ4v) is 3.11. The third kappa shape index (κ3) is 2.65. The first-order valence-corrected chi connectivity index (χ1v) is 6.65. The lowest BCUT2D eigenvalue weighted by Crippen LogP contribution is -2.42. The molecule has 20 heavy (non-hydrogen) atoms. The van der Waals surface area contributed by atoms with Gasteiger partial charge >= 0.3 is 0 Å². The van der Waals surface area contributed by atoms with Crippen molar-refractivity contribution >= 4 is 18.3 Å². The topological polar surface area (TPSA) is 32.3 Å². The number of hydrogen-bond donors (Lipinski definition) is 1. The van der Waals surface area contributed by atoms with Gasteiger partial charge in [0.1, 0.15) is 11.6 Å². The van der Waals surface area contributed by atoms with Crippen LogP contribution < -0.4 is 5.32 Å². The number of benzene rings is 1. The molecule has 2 aliphatic heterocycles. The Morgan fingerprint density at radius 1 is 1.20 bits per heavy atom. The summed E-state index contributed by atoms with van der Waals surface area (Å²) in [5, 5.41) is 3.28. The zero-order valence-electron chi connectivity index (χ0n) is 10.9. The summed E-state index contributed by atoms with van der Waals surface area (Å²) in [6.07, 6.45) is 2.76. The molecule has 2 fully saturated rings. The Kier molecular flexibility index (Phi) is 4.60. The number of hydrogen-bond acceptors (Lipinski definition) is 2. The SMILES string of the molecule is Cl.O=C(c1cc(F)ccc1F)N1C2CCNCC1CC2. The highest BCUT2D eigenvalue weighted by Gasteiger charge is 2.39. The van der Waals surface area contributed by atoms with E-state index in [-0.39, 0.29) is 36.0 Å². The van der Waals surface area contributed by atoms with Crippen molar-refractivity contribution in [2.45, 2.75) is 31.3 Å². The monoisotopic (exact) mass is 302 g/mol. The van der Waals surface area contributed by atoms with Gasteiger partial charge in [0.15, 0.2) is 0 Å². The summed E-state index contributed by atoms with van der Waals surface area (Å²) < 4.78 is 26.9. The van der Waals surface area contributed by atoms with E-state index in [1.807, 2.05) is 0 Å². The molecule has 110 valence electrons. The van der Waals surface area contributed by atoms with Crippen LogP contribution in [0.15, 0.2) is 18.2 Å². The van der Waals surface area contributed by atoms with Gasteiger partial charge in [0.2, 0.25) is 0 Å². The van der Waals surface area contributed by atoms with Crippen LogP contribution in [0.3, 0.4) is 0 Å². The summed E-state index contributed by atoms with van der Waals surface area (Å²) in [6.45, 7) is 1.61. The molecule has 0 spiro atoms. The van der Waals surface area contributed by atoms with E-state index in [0.29, 0.717) is 0 Å². The first kappa shape index (κ1) is 15.2. The van der Waals surface area contributed by atoms with Crippen LogP contribution in [0.5, 0.6) is 0 Å². The Morgan fingerprint density at radius 3 is 2.75 bits per heavy atom. The molecule has 2 unspecified atom stereocenters. The first-order chi connectivity index (χ1) is 9.16. The van der Waals surface area contributed by atoms with Crippen LogP contribution in [0.1, 0.15) is 29.6 Å². The summed E-state index contributed by atoms with van der Waals surface area (Å²) in [4.78, 5) is 14.2. The van der Waals surface area contributed by atoms with Crippen molar-refractivity contribution in [1.82, 2.24) is 10.2 Å². The van der Waals surface area contributed by atoms with Gasteiger partial charge in [-0.2, -0.15) is 0 Å². The highest BCUT2D eigenvalue weighted by atomic mass is 35.5. The summed E-state index contributed by atoms with van der Waals surface area (Å²) >= 11 is 0. The van der Waals surface area contributed by atoms with Gasteiger partial charge in [-0.15, -0.1) is 12.4 Å². The minimum Gasteiger partial charge on any atom is -0.331 e. The van der Waals surface area contributed by atoms with E-state index in [0.717, 1.165) is 50.6 Å². The Labute approximate surface area is 122 Å². The number of fused-ring (bicyclic) bond motifs is 2. The maximum atomic E-state index is 13.7. The molecule has 2 bridgehead atoms. The zero-order valence-corrected chi connectivity index (χ0v) is 11.8. The fourth-order valence-electron chi connectivity index (χ4n) is 3.11. The predicted octanol–water partition coefficient (Wildman–Crippen LogP) is 2.35. The van der Waals surface area contributed by atoms with Crippen molar-refractivity contribution in [3.63, 3.8) is 0 Å². The summed E-state index contributed by atoms with van der Waals surface area (Å²) in [5.74, 6) is -1.61. The van der Waals surface area contributed by atoms with Crippen molar-refractivity contribution in [3.8, 4) is 0 Å². The predicted molar refractivity (Wildman–Crippen MR) is 74.1 cm³/mol. The van der Waals surface area contributed by atoms with Crippen LogP contribution in [0.2, 0.25) is 0 Å². The second-order valence-corrected chi connectivity index (χ2v) is 5.21. The normalized spacial score (nSPS) is 25.0. The minimum absolute atomic E-state index is 0. The fraction of sp³-hybridized carbons (Fsp3) is 0.500. The van der Waals surface area contributed by atoms with Gasteiger partial charge in [-0.1, -0.05) is 0 Å². The van der Waals surface area contributed by atoms with Crippen molar-refractivity contribution in [2.75, 3.05) is 13.1 Å². The lowest BCUT2D eigenvalue weighted by molar-refractivity contribution is 0.0675. The molecule has 3 rings (SSSR count). The standard InChI is InChI=1S/C14H16F2N2O.ClH/c15-9-1-4-13(16)12(7-9)14(19)18-10-2-3-11(18)8-17-6-5-10;/h1,4,7,10-11,17H,2-3,5-6,8H2;1H. The van der Waals surface area contributed by atoms with Crippen LogP contribution in [0.4, 0.5) is 8.78 Å². The van der Waals surface area contributed by atoms with Gasteiger partial charge in [-0.3, -0.25) is 4.79 Å². The van der Waals surface area contributed by atoms with Crippen LogP contribution >= 0.6 is 12.4 Å². The van der Waals surface area contributed by atoms with Gasteiger partial charge in [-0.25, -0.2) is 8.78 Å². The highest BCUT2D eigenvalue weighted by Crippen LogP contribution is 2.30. The number of halogens is 3. The van der Waals surface area contributed by atoms with Gasteiger partial charge in [0, 0.05) is 18.6 Å². The third-order valence-corrected chi connectivity index (χ3v) is 4.05. The Morgan fingerprint density at radius 2 is 1.95 bits per heavy atom. The van der Waals surface area contributed by atoms with Gasteiger partial charge in [0.05, 0.1) is 5.56 Å². The number of nitrogens with one attached hydrogen (secondary N) is 1. The molecule has 1 aromatic carbocycles. The molecule has 6 heteroatoms. The lowest BCUT2D eigenvalue weighted by atomic mass is 10.1. The molecule has 2 aliphatic rings. The van der Waals surface area contributed by atoms with Crippen molar-refractivity contribution in [2.24, 2.45) is 0 Å². The van der Waals surface area contributed by atoms with E-state index in [2.05, 4.69) is 5.32 Å². The zero-order chi connectivity index (χ0) is 13.4. The van der Waals surface area contributed by atoms with Crippen LogP contribution in [0, 0.1) is 11.6 Å². The average Bonchev–Trinajstić information content (AvgIpc) is 2.65. The van der Waals surface area contributed by atoms with Crippen molar-refractivity contribution in [3.05, 3.63) is 35.4 Å². The molecule has 1 N–H and O–H groups in total. The number of carbonyl (C=O) groups is 1. The average molecular weight is 303 g/mol. The molecule has 1 amide bonds. The molecule has 0 aliphatic carbocycles. The second-order valence-electron chi connectivity index (χ2n) is 5.21. The van der Waals surface area contributed by atoms with Crippen molar-refractivity contribution in [1.29, 1.82) is 0 Å². The molecule has 2 atom stereocenters. The van der Waals surface area contributed by atoms with E-state index >= 15 is 0 Å². The van der Waals surface area contributed by atoms with E-state index in [4.69, 9.17) is 0 Å². The Bertz CT molecular complexity index is 498. The van der Waals surface area contributed by atoms with E-state index in [1.54, 1.807) is 4.90 Å². The molecule has 2 saturated heterocycles. The Hall–Kier alpha value is -1.20. The summed E-state index contributed by atoms with van der Waals surface area (Å²) in [6, 6.07) is 3.29. The quantitative estimate of drug-likeness (QED) is 0.864. The molecule has 0 aromatic heterocycles. The molecule has 3 nitrogen and oxygen atoms in total. The van der Waals surface area contributed by atoms with Gasteiger partial charge < -0.3 is 10.2 Å². The maximum absolute atomic E-state index is 13.7. The molecule has 2 heterocycles. The molecule has 0 radical (unpaired) electrons. The number of rotatable bonds is 1. The molecular formula is C14H17ClF2N2O. The van der Waals surface area contributed by atoms with Crippen molar-refractivity contribution < 1.29 is 13.6 Å². The highest BCUT2D eigenvalue weighted by molar-refractivity contribution is 5.95. The van der Waals surface area contributed by atoms with E-state index < -0.39 is 11.6 Å². The van der Waals surface area contributed by atoms with Gasteiger partial charge in [0.25, 0.3) is 5.91 Å². The number of nitrogens with zero attached hydrogens (tertiary/aromatic N) is 1. The minimum atomic E-state index is -0.650. The van der Waals surface area contributed by atoms with Gasteiger partial charge in [-0.05, 0) is 44.0 Å². The molecule has 0 saturated carbocycles. The lowest BCUT2D eigenvalue weighted by Gasteiger charge is -2.28. The molecular weight excluding hydrogens is 286 g/mol. The van der Waals surface area contributed by atoms with Crippen LogP contribution in [-0.4, -0.2) is 36.0 Å². The summed E-state index contributed by atoms with van der Waals surface area (Å²) in [5.41, 5.74) is -0.154. The van der Waals surface area contributed by atoms with Crippen LogP contribution in [0.25, 0.3) is 0 Å². The third-order valence-electron chi connectivity index (χ3n) is 4.05. The number of carbonyl (C=O) groups excluding carboxylic acids is 1. The summed E-state index contributed by atoms with van der Waals surface area (Å²) in [7, 11) is 0. The van der Waals surface area contributed by atoms with Crippen LogP contribution in [-0.2, 0) is 0 Å².